The molecule has 0 fully saturated rings. The number of aromatic nitrogens is 6. The molecule has 103 heavy (non-hydrogen) atoms. The van der Waals surface area contributed by atoms with Crippen LogP contribution in [-0.4, -0.2) is 271 Å². The number of para-hydroxylation sites is 3. The van der Waals surface area contributed by atoms with E-state index in [1.165, 1.54) is 0 Å². The summed E-state index contributed by atoms with van der Waals surface area (Å²) in [5.74, 6) is 9.01. The van der Waals surface area contributed by atoms with E-state index in [2.05, 4.69) is 69.3 Å². The van der Waals surface area contributed by atoms with Crippen molar-refractivity contribution in [1.82, 2.24) is 49.6 Å². The molecule has 2 aromatic heterocycles. The summed E-state index contributed by atoms with van der Waals surface area (Å²) in [6.07, 6.45) is 15.5. The Morgan fingerprint density at radius 2 is 0.786 bits per heavy atom. The van der Waals surface area contributed by atoms with Gasteiger partial charge in [0.05, 0.1) is 213 Å². The lowest BCUT2D eigenvalue weighted by atomic mass is 10.2. The maximum Gasteiger partial charge on any atom is 0.185 e. The van der Waals surface area contributed by atoms with Crippen LogP contribution in [0.2, 0.25) is 0 Å². The molecule has 28 nitrogen and oxygen atoms in total. The van der Waals surface area contributed by atoms with Gasteiger partial charge in [0.2, 0.25) is 0 Å². The first-order chi connectivity index (χ1) is 50.1. The predicted molar refractivity (Wildman–Crippen MR) is 408 cm³/mol. The molecule has 5 N–H and O–H groups in total. The van der Waals surface area contributed by atoms with Gasteiger partial charge < -0.3 is 83.5 Å². The number of nitrogens with zero attached hydrogens (tertiary/aromatic N) is 15. The van der Waals surface area contributed by atoms with Gasteiger partial charge in [-0.2, -0.15) is 0 Å². The topological polar surface area (TPSA) is 301 Å². The van der Waals surface area contributed by atoms with Crippen molar-refractivity contribution in [3.63, 3.8) is 0 Å². The minimum absolute atomic E-state index is 0.0264. The fourth-order valence-corrected chi connectivity index (χ4v) is 8.35. The van der Waals surface area contributed by atoms with Crippen LogP contribution in [0.5, 0.6) is 0 Å². The molecule has 28 heteroatoms. The lowest BCUT2D eigenvalue weighted by Gasteiger charge is -2.17. The van der Waals surface area contributed by atoms with Crippen molar-refractivity contribution in [2.75, 3.05) is 187 Å². The van der Waals surface area contributed by atoms with E-state index in [1.807, 2.05) is 198 Å². The molecule has 0 spiro atoms. The lowest BCUT2D eigenvalue weighted by Crippen LogP contribution is -2.24. The molecule has 0 aliphatic heterocycles. The second-order valence-corrected chi connectivity index (χ2v) is 22.6. The number of aliphatic hydroxyl groups is 1. The van der Waals surface area contributed by atoms with Gasteiger partial charge in [0.15, 0.2) is 5.96 Å². The Morgan fingerprint density at radius 3 is 1.15 bits per heavy atom. The molecule has 0 radical (unpaired) electrons. The summed E-state index contributed by atoms with van der Waals surface area (Å²) in [6, 6.07) is 37.3. The number of hydrogen-bond donors (Lipinski definition) is 3. The highest BCUT2D eigenvalue weighted by molar-refractivity contribution is 5.84. The second kappa shape index (κ2) is 58.5. The molecule has 0 saturated carbocycles. The first kappa shape index (κ1) is 88.2. The van der Waals surface area contributed by atoms with Crippen molar-refractivity contribution in [1.29, 1.82) is 0 Å². The van der Waals surface area contributed by atoms with Crippen LogP contribution in [0.3, 0.4) is 0 Å². The van der Waals surface area contributed by atoms with E-state index in [9.17, 15) is 0 Å². The zero-order valence-electron chi connectivity index (χ0n) is 62.2. The third-order valence-corrected chi connectivity index (χ3v) is 14.2. The fourth-order valence-electron chi connectivity index (χ4n) is 8.35. The number of ether oxygens (including phenoxy) is 10. The van der Waals surface area contributed by atoms with Gasteiger partial charge in [0.25, 0.3) is 0 Å². The molecule has 0 saturated heterocycles. The van der Waals surface area contributed by atoms with Gasteiger partial charge in [-0.25, -0.2) is 29.3 Å². The Bertz CT molecular complexity index is 3340. The van der Waals surface area contributed by atoms with Crippen molar-refractivity contribution in [2.45, 2.75) is 67.2 Å². The van der Waals surface area contributed by atoms with Crippen LogP contribution in [0.1, 0.15) is 58.0 Å². The molecule has 6 aromatic rings. The first-order valence-corrected chi connectivity index (χ1v) is 34.6. The van der Waals surface area contributed by atoms with Crippen molar-refractivity contribution in [3.05, 3.63) is 145 Å². The number of nitrogens with two attached hydrogens (primary N) is 2. The van der Waals surface area contributed by atoms with E-state index in [-0.39, 0.29) is 12.6 Å². The highest BCUT2D eigenvalue weighted by Gasteiger charge is 2.10. The summed E-state index contributed by atoms with van der Waals surface area (Å²) in [5, 5.41) is 25.4. The standard InChI is InChI=1S/C28H47N5O8.C21H34N8O3.C14H18N2.C12H14N2/c1-26(29-27-6-4-3-5-7-27)32(2)24-28-25-33(31-30-28)8-10-35-12-14-37-16-18-39-20-22-41-23-21-40-19-17-38-15-13-36-11-9-34;1-18(25-19-6-4-3-5-7-19)28(2)16-20-17-29(27-26-20)9-11-31-13-15-32-14-12-30-10-8-24-21(22)23;1-5-10-16(4)12(3)15-14-9-7-8-13(6-2)11-14;1-4-10-14(3)11(2)13-12-8-6-5-7-9-12/h3-7,25,34H,8-24H2,1-2H3;3-7,17H,8-16H2,1-2H3,(H4,22,23,24);2,7-9,11H,5,10H2,1,3-4H3;1,5-9H,10H2,2-3H3. The van der Waals surface area contributed by atoms with Gasteiger partial charge in [0, 0.05) is 40.3 Å². The van der Waals surface area contributed by atoms with Crippen LogP contribution in [0, 0.1) is 24.7 Å². The summed E-state index contributed by atoms with van der Waals surface area (Å²) in [7, 11) is 7.95. The number of benzene rings is 4. The van der Waals surface area contributed by atoms with Gasteiger partial charge in [-0.05, 0) is 88.7 Å². The minimum Gasteiger partial charge on any atom is -0.394 e. The summed E-state index contributed by atoms with van der Waals surface area (Å²) in [6.45, 7) is 24.5. The number of rotatable bonds is 46. The Morgan fingerprint density at radius 1 is 0.447 bits per heavy atom. The molecule has 0 atom stereocenters. The van der Waals surface area contributed by atoms with Crippen molar-refractivity contribution < 1.29 is 52.5 Å². The van der Waals surface area contributed by atoms with Gasteiger partial charge in [0.1, 0.15) is 34.7 Å². The molecule has 2 heterocycles. The van der Waals surface area contributed by atoms with E-state index in [1.54, 1.807) is 9.36 Å². The number of guanidine groups is 1. The molecule has 0 amide bonds. The van der Waals surface area contributed by atoms with E-state index in [0.717, 1.165) is 76.0 Å². The van der Waals surface area contributed by atoms with Gasteiger partial charge in [-0.3, -0.25) is 4.99 Å². The highest BCUT2D eigenvalue weighted by atomic mass is 16.6. The molecular formula is C75H113N17O11. The van der Waals surface area contributed by atoms with E-state index < -0.39 is 0 Å². The molecule has 4 aromatic carbocycles. The molecule has 0 aliphatic carbocycles. The van der Waals surface area contributed by atoms with E-state index in [4.69, 9.17) is 76.8 Å². The monoisotopic (exact) mass is 1430 g/mol. The molecular weight excluding hydrogens is 1310 g/mol. The van der Waals surface area contributed by atoms with E-state index in [0.29, 0.717) is 171 Å². The quantitative estimate of drug-likeness (QED) is 0.0143. The van der Waals surface area contributed by atoms with Crippen molar-refractivity contribution in [3.8, 4) is 24.7 Å². The average molecular weight is 1430 g/mol. The fraction of sp³-hybridized carbons (Fsp3) is 0.507. The van der Waals surface area contributed by atoms with Crippen LogP contribution in [0.15, 0.2) is 153 Å². The smallest absolute Gasteiger partial charge is 0.185 e. The minimum atomic E-state index is 0.0264. The Labute approximate surface area is 611 Å². The molecule has 0 bridgehead atoms. The van der Waals surface area contributed by atoms with Crippen LogP contribution < -0.4 is 11.5 Å². The van der Waals surface area contributed by atoms with Crippen LogP contribution in [-0.2, 0) is 73.5 Å². The van der Waals surface area contributed by atoms with Gasteiger partial charge in [-0.15, -0.1) is 23.0 Å². The summed E-state index contributed by atoms with van der Waals surface area (Å²) in [4.78, 5) is 30.2. The van der Waals surface area contributed by atoms with Crippen LogP contribution in [0.4, 0.5) is 22.7 Å². The first-order valence-electron chi connectivity index (χ1n) is 34.6. The average Bonchev–Trinajstić information content (AvgIpc) is 1.85. The number of aliphatic imine (C=N–C) groups is 5. The van der Waals surface area contributed by atoms with Crippen LogP contribution >= 0.6 is 0 Å². The molecule has 0 aliphatic rings. The Kier molecular flexibility index (Phi) is 50.1. The number of terminal acetylenes is 2. The third-order valence-electron chi connectivity index (χ3n) is 14.2. The van der Waals surface area contributed by atoms with Gasteiger partial charge >= 0.3 is 0 Å². The van der Waals surface area contributed by atoms with Crippen molar-refractivity contribution in [2.24, 2.45) is 36.4 Å². The molecule has 564 valence electrons. The maximum atomic E-state index is 8.58. The number of amidine groups is 4. The Hall–Kier alpha value is -9.01. The largest absolute Gasteiger partial charge is 0.394 e. The highest BCUT2D eigenvalue weighted by Crippen LogP contribution is 2.16. The van der Waals surface area contributed by atoms with E-state index >= 15 is 0 Å². The molecule has 6 rings (SSSR count). The number of hydrogen-bond acceptors (Lipinski definition) is 20. The SMILES string of the molecule is C#CCN(C)C(C)=Nc1ccccc1.C#Cc1cccc(N=C(C)N(C)CCC)c1.CC(=Nc1ccccc1)N(C)Cc1cn(CCOCCOCCOCCN=C(N)N)nn1.CC(=Nc1ccccc1)N(C)Cc1cn(CCOCCOCCOCCOCCOCCOCCOCCO)nn1. The Balaban J connectivity index is 0.000000389. The predicted octanol–water partition coefficient (Wildman–Crippen LogP) is 7.71. The summed E-state index contributed by atoms with van der Waals surface area (Å²) in [5.41, 5.74) is 16.8. The second-order valence-electron chi connectivity index (χ2n) is 22.6. The third kappa shape index (κ3) is 45.6. The normalized spacial score (nSPS) is 11.5. The van der Waals surface area contributed by atoms with Crippen molar-refractivity contribution >= 4 is 52.1 Å². The summed E-state index contributed by atoms with van der Waals surface area (Å²) >= 11 is 0. The zero-order valence-corrected chi connectivity index (χ0v) is 62.2. The number of aliphatic hydroxyl groups excluding tert-OH is 1. The lowest BCUT2D eigenvalue weighted by molar-refractivity contribution is -0.0217. The zero-order chi connectivity index (χ0) is 74.6. The molecule has 0 unspecified atom stereocenters. The maximum absolute atomic E-state index is 8.58. The summed E-state index contributed by atoms with van der Waals surface area (Å²) < 4.78 is 57.8. The van der Waals surface area contributed by atoms with Crippen LogP contribution in [0.25, 0.3) is 0 Å². The van der Waals surface area contributed by atoms with Gasteiger partial charge in [-0.1, -0.05) is 89.9 Å².